The molecule has 2 aromatic rings. The number of benzene rings is 1. The number of hydrogen-bond acceptors (Lipinski definition) is 5. The zero-order valence-corrected chi connectivity index (χ0v) is 16.5. The summed E-state index contributed by atoms with van der Waals surface area (Å²) in [6.07, 6.45) is 1.80. The van der Waals surface area contributed by atoms with E-state index in [9.17, 15) is 0 Å². The standard InChI is InChI=1S/C19H28N6O2/c1-6-11-20-19(21-14-18-23-22-15(2)25(18)4)24(3)12-13-27-17-9-7-16(26-5)8-10-17/h6-10H,1,11-14H2,2-5H3,(H,20,21). The van der Waals surface area contributed by atoms with Gasteiger partial charge in [-0.05, 0) is 31.2 Å². The molecule has 1 N–H and O–H groups in total. The normalized spacial score (nSPS) is 11.2. The second-order valence-corrected chi connectivity index (χ2v) is 5.98. The molecule has 0 aliphatic rings. The van der Waals surface area contributed by atoms with Gasteiger partial charge in [-0.25, -0.2) is 4.99 Å². The second-order valence-electron chi connectivity index (χ2n) is 5.98. The largest absolute Gasteiger partial charge is 0.497 e. The van der Waals surface area contributed by atoms with Crippen molar-refractivity contribution in [3.8, 4) is 11.5 Å². The Balaban J connectivity index is 1.92. The average molecular weight is 372 g/mol. The fourth-order valence-electron chi connectivity index (χ4n) is 2.29. The van der Waals surface area contributed by atoms with Crippen LogP contribution in [0.2, 0.25) is 0 Å². The molecule has 0 aliphatic carbocycles. The lowest BCUT2D eigenvalue weighted by molar-refractivity contribution is 0.281. The second kappa shape index (κ2) is 10.2. The highest BCUT2D eigenvalue weighted by atomic mass is 16.5. The summed E-state index contributed by atoms with van der Waals surface area (Å²) in [6, 6.07) is 7.53. The fourth-order valence-corrected chi connectivity index (χ4v) is 2.29. The van der Waals surface area contributed by atoms with Crippen molar-refractivity contribution in [1.82, 2.24) is 25.0 Å². The molecule has 0 fully saturated rings. The molecule has 27 heavy (non-hydrogen) atoms. The molecule has 0 aliphatic heterocycles. The third-order valence-corrected chi connectivity index (χ3v) is 4.07. The van der Waals surface area contributed by atoms with E-state index in [1.807, 2.05) is 54.8 Å². The summed E-state index contributed by atoms with van der Waals surface area (Å²) >= 11 is 0. The Morgan fingerprint density at radius 1 is 1.30 bits per heavy atom. The van der Waals surface area contributed by atoms with E-state index in [2.05, 4.69) is 27.1 Å². The van der Waals surface area contributed by atoms with Crippen LogP contribution in [0.25, 0.3) is 0 Å². The van der Waals surface area contributed by atoms with E-state index in [0.717, 1.165) is 29.1 Å². The number of ether oxygens (including phenoxy) is 2. The third kappa shape index (κ3) is 6.02. The summed E-state index contributed by atoms with van der Waals surface area (Å²) in [4.78, 5) is 6.65. The van der Waals surface area contributed by atoms with Crippen molar-refractivity contribution in [1.29, 1.82) is 0 Å². The summed E-state index contributed by atoms with van der Waals surface area (Å²) in [6.45, 7) is 7.93. The predicted octanol–water partition coefficient (Wildman–Crippen LogP) is 1.77. The van der Waals surface area contributed by atoms with E-state index in [1.165, 1.54) is 0 Å². The predicted molar refractivity (Wildman–Crippen MR) is 106 cm³/mol. The summed E-state index contributed by atoms with van der Waals surface area (Å²) in [7, 11) is 5.54. The van der Waals surface area contributed by atoms with Crippen LogP contribution in [0.1, 0.15) is 11.6 Å². The number of hydrogen-bond donors (Lipinski definition) is 1. The van der Waals surface area contributed by atoms with Crippen molar-refractivity contribution in [2.75, 3.05) is 33.9 Å². The molecule has 0 saturated heterocycles. The fraction of sp³-hybridized carbons (Fsp3) is 0.421. The number of guanidine groups is 1. The summed E-state index contributed by atoms with van der Waals surface area (Å²) in [5.41, 5.74) is 0. The number of nitrogens with one attached hydrogen (secondary N) is 1. The lowest BCUT2D eigenvalue weighted by Crippen LogP contribution is -2.41. The molecular formula is C19H28N6O2. The molecule has 8 heteroatoms. The smallest absolute Gasteiger partial charge is 0.194 e. The number of nitrogens with zero attached hydrogens (tertiary/aromatic N) is 5. The Bertz CT molecular complexity index is 754. The zero-order chi connectivity index (χ0) is 19.6. The van der Waals surface area contributed by atoms with Crippen LogP contribution in [-0.4, -0.2) is 59.5 Å². The van der Waals surface area contributed by atoms with Gasteiger partial charge in [0.2, 0.25) is 0 Å². The quantitative estimate of drug-likeness (QED) is 0.411. The molecule has 2 rings (SSSR count). The maximum atomic E-state index is 5.79. The maximum Gasteiger partial charge on any atom is 0.194 e. The molecule has 0 spiro atoms. The first-order chi connectivity index (χ1) is 13.0. The van der Waals surface area contributed by atoms with Crippen molar-refractivity contribution in [3.05, 3.63) is 48.6 Å². The minimum atomic E-state index is 0.445. The van der Waals surface area contributed by atoms with E-state index >= 15 is 0 Å². The molecule has 0 saturated carbocycles. The van der Waals surface area contributed by atoms with Gasteiger partial charge in [-0.1, -0.05) is 6.08 Å². The zero-order valence-electron chi connectivity index (χ0n) is 16.5. The molecule has 0 bridgehead atoms. The van der Waals surface area contributed by atoms with Gasteiger partial charge in [0.05, 0.1) is 13.7 Å². The van der Waals surface area contributed by atoms with E-state index < -0.39 is 0 Å². The molecule has 1 aromatic heterocycles. The third-order valence-electron chi connectivity index (χ3n) is 4.07. The van der Waals surface area contributed by atoms with Gasteiger partial charge in [0.15, 0.2) is 11.8 Å². The van der Waals surface area contributed by atoms with Gasteiger partial charge in [0.1, 0.15) is 30.5 Å². The number of aryl methyl sites for hydroxylation is 1. The van der Waals surface area contributed by atoms with Gasteiger partial charge in [0.25, 0.3) is 0 Å². The van der Waals surface area contributed by atoms with E-state index in [4.69, 9.17) is 9.47 Å². The van der Waals surface area contributed by atoms with Crippen molar-refractivity contribution >= 4 is 5.96 Å². The first-order valence-corrected chi connectivity index (χ1v) is 8.77. The van der Waals surface area contributed by atoms with Crippen molar-refractivity contribution in [3.63, 3.8) is 0 Å². The van der Waals surface area contributed by atoms with Crippen LogP contribution in [0, 0.1) is 6.92 Å². The molecular weight excluding hydrogens is 344 g/mol. The Kier molecular flexibility index (Phi) is 7.66. The van der Waals surface area contributed by atoms with Gasteiger partial charge in [-0.3, -0.25) is 0 Å². The maximum absolute atomic E-state index is 5.79. The summed E-state index contributed by atoms with van der Waals surface area (Å²) in [5, 5.41) is 11.5. The van der Waals surface area contributed by atoms with Gasteiger partial charge in [0, 0.05) is 20.6 Å². The average Bonchev–Trinajstić information content (AvgIpc) is 3.00. The van der Waals surface area contributed by atoms with Crippen LogP contribution in [-0.2, 0) is 13.6 Å². The minimum absolute atomic E-state index is 0.445. The molecule has 0 radical (unpaired) electrons. The van der Waals surface area contributed by atoms with E-state index in [-0.39, 0.29) is 0 Å². The monoisotopic (exact) mass is 372 g/mol. The van der Waals surface area contributed by atoms with Gasteiger partial charge in [-0.2, -0.15) is 0 Å². The first-order valence-electron chi connectivity index (χ1n) is 8.77. The highest BCUT2D eigenvalue weighted by molar-refractivity contribution is 5.79. The number of aromatic nitrogens is 3. The number of likely N-dealkylation sites (N-methyl/N-ethyl adjacent to an activating group) is 1. The lowest BCUT2D eigenvalue weighted by atomic mass is 10.3. The highest BCUT2D eigenvalue weighted by Crippen LogP contribution is 2.16. The molecule has 0 unspecified atom stereocenters. The van der Waals surface area contributed by atoms with Crippen molar-refractivity contribution in [2.45, 2.75) is 13.5 Å². The Hall–Kier alpha value is -3.03. The van der Waals surface area contributed by atoms with Crippen LogP contribution in [0.5, 0.6) is 11.5 Å². The number of rotatable bonds is 9. The van der Waals surface area contributed by atoms with Crippen LogP contribution in [0.4, 0.5) is 0 Å². The van der Waals surface area contributed by atoms with Gasteiger partial charge < -0.3 is 24.3 Å². The van der Waals surface area contributed by atoms with Crippen molar-refractivity contribution in [2.24, 2.45) is 12.0 Å². The van der Waals surface area contributed by atoms with Crippen LogP contribution in [0.15, 0.2) is 41.9 Å². The Morgan fingerprint density at radius 2 is 2.00 bits per heavy atom. The van der Waals surface area contributed by atoms with E-state index in [0.29, 0.717) is 26.2 Å². The molecule has 1 aromatic carbocycles. The first kappa shape index (κ1) is 20.3. The minimum Gasteiger partial charge on any atom is -0.497 e. The molecule has 0 amide bonds. The molecule has 0 atom stereocenters. The summed E-state index contributed by atoms with van der Waals surface area (Å²) in [5.74, 6) is 4.04. The van der Waals surface area contributed by atoms with Crippen LogP contribution < -0.4 is 14.8 Å². The Morgan fingerprint density at radius 3 is 2.59 bits per heavy atom. The summed E-state index contributed by atoms with van der Waals surface area (Å²) < 4.78 is 12.9. The van der Waals surface area contributed by atoms with Gasteiger partial charge >= 0.3 is 0 Å². The van der Waals surface area contributed by atoms with Crippen molar-refractivity contribution < 1.29 is 9.47 Å². The number of aliphatic imine (C=N–C) groups is 1. The number of methoxy groups -OCH3 is 1. The molecule has 146 valence electrons. The SMILES string of the molecule is C=CCNC(=NCc1nnc(C)n1C)N(C)CCOc1ccc(OC)cc1. The van der Waals surface area contributed by atoms with Gasteiger partial charge in [-0.15, -0.1) is 16.8 Å². The topological polar surface area (TPSA) is 76.8 Å². The van der Waals surface area contributed by atoms with Crippen LogP contribution in [0.3, 0.4) is 0 Å². The highest BCUT2D eigenvalue weighted by Gasteiger charge is 2.09. The van der Waals surface area contributed by atoms with E-state index in [1.54, 1.807) is 13.2 Å². The lowest BCUT2D eigenvalue weighted by Gasteiger charge is -2.22. The molecule has 8 nitrogen and oxygen atoms in total. The molecule has 1 heterocycles. The van der Waals surface area contributed by atoms with Crippen LogP contribution >= 0.6 is 0 Å². The Labute approximate surface area is 160 Å².